The molecule has 0 saturated heterocycles. The van der Waals surface area contributed by atoms with Crippen LogP contribution in [0, 0.1) is 0 Å². The van der Waals surface area contributed by atoms with Crippen molar-refractivity contribution in [2.75, 3.05) is 18.4 Å². The summed E-state index contributed by atoms with van der Waals surface area (Å²) in [5.74, 6) is 0.833. The number of hydrogen-bond donors (Lipinski definition) is 2. The number of anilines is 1. The molecule has 0 atom stereocenters. The Balaban J connectivity index is 1.72. The van der Waals surface area contributed by atoms with E-state index in [1.165, 1.54) is 5.56 Å². The topological polar surface area (TPSA) is 54.2 Å². The summed E-state index contributed by atoms with van der Waals surface area (Å²) in [5.41, 5.74) is 3.36. The van der Waals surface area contributed by atoms with Gasteiger partial charge in [-0.1, -0.05) is 42.5 Å². The number of guanidine groups is 1. The van der Waals surface area contributed by atoms with Crippen LogP contribution >= 0.6 is 0 Å². The van der Waals surface area contributed by atoms with Crippen molar-refractivity contribution in [2.24, 2.45) is 4.99 Å². The molecule has 0 bridgehead atoms. The summed E-state index contributed by atoms with van der Waals surface area (Å²) < 4.78 is 2.03. The molecular formula is C17H17N5. The normalized spacial score (nSPS) is 13.9. The van der Waals surface area contributed by atoms with E-state index in [4.69, 9.17) is 0 Å². The zero-order valence-corrected chi connectivity index (χ0v) is 12.2. The van der Waals surface area contributed by atoms with Crippen molar-refractivity contribution in [1.29, 1.82) is 0 Å². The molecule has 110 valence electrons. The summed E-state index contributed by atoms with van der Waals surface area (Å²) in [5, 5.41) is 12.3. The van der Waals surface area contributed by atoms with Gasteiger partial charge in [-0.25, -0.2) is 0 Å². The van der Waals surface area contributed by atoms with Gasteiger partial charge in [-0.15, -0.1) is 0 Å². The molecule has 0 spiro atoms. The summed E-state index contributed by atoms with van der Waals surface area (Å²) in [4.78, 5) is 4.40. The molecule has 0 saturated carbocycles. The van der Waals surface area contributed by atoms with Crippen LogP contribution in [-0.4, -0.2) is 28.8 Å². The molecule has 2 aromatic carbocycles. The van der Waals surface area contributed by atoms with Crippen LogP contribution in [0.1, 0.15) is 5.56 Å². The van der Waals surface area contributed by atoms with Crippen molar-refractivity contribution in [3.05, 3.63) is 60.3 Å². The number of fused-ring (bicyclic) bond motifs is 1. The van der Waals surface area contributed by atoms with Crippen molar-refractivity contribution >= 4 is 22.5 Å². The van der Waals surface area contributed by atoms with Crippen molar-refractivity contribution < 1.29 is 0 Å². The standard InChI is InChI=1S/C17H17N5/c1-2-5-13(6-3-1)12-22-16-14(11-20-22)7-4-8-15(16)21-17-18-9-10-19-17/h1-8,11H,9-10,12H2,(H2,18,19,21). The van der Waals surface area contributed by atoms with Crippen LogP contribution in [0.2, 0.25) is 0 Å². The molecule has 5 heteroatoms. The molecule has 5 nitrogen and oxygen atoms in total. The Morgan fingerprint density at radius 2 is 2.00 bits per heavy atom. The molecule has 22 heavy (non-hydrogen) atoms. The van der Waals surface area contributed by atoms with E-state index in [1.807, 2.05) is 23.0 Å². The first-order valence-corrected chi connectivity index (χ1v) is 7.44. The number of aromatic nitrogens is 2. The average Bonchev–Trinajstić information content (AvgIpc) is 3.19. The smallest absolute Gasteiger partial charge is 0.195 e. The van der Waals surface area contributed by atoms with Gasteiger partial charge in [0.1, 0.15) is 0 Å². The van der Waals surface area contributed by atoms with Gasteiger partial charge >= 0.3 is 0 Å². The van der Waals surface area contributed by atoms with Gasteiger partial charge in [0.2, 0.25) is 0 Å². The van der Waals surface area contributed by atoms with Gasteiger partial charge in [-0.3, -0.25) is 9.67 Å². The first kappa shape index (κ1) is 12.9. The zero-order valence-electron chi connectivity index (χ0n) is 12.2. The highest BCUT2D eigenvalue weighted by molar-refractivity contribution is 6.02. The summed E-state index contributed by atoms with van der Waals surface area (Å²) in [7, 11) is 0. The quantitative estimate of drug-likeness (QED) is 0.779. The molecule has 0 unspecified atom stereocenters. The number of aliphatic imine (C=N–C) groups is 1. The zero-order chi connectivity index (χ0) is 14.8. The average molecular weight is 291 g/mol. The van der Waals surface area contributed by atoms with Crippen LogP contribution < -0.4 is 10.6 Å². The number of rotatable bonds is 3. The molecule has 0 aliphatic carbocycles. The molecule has 2 heterocycles. The van der Waals surface area contributed by atoms with Crippen LogP contribution in [0.3, 0.4) is 0 Å². The fraction of sp³-hybridized carbons (Fsp3) is 0.176. The molecule has 1 aliphatic heterocycles. The van der Waals surface area contributed by atoms with Crippen LogP contribution in [-0.2, 0) is 6.54 Å². The first-order valence-electron chi connectivity index (χ1n) is 7.44. The SMILES string of the molecule is c1ccc(Cn2ncc3cccc(NC4=NCCN4)c32)cc1. The minimum atomic E-state index is 0.753. The summed E-state index contributed by atoms with van der Waals surface area (Å²) in [6, 6.07) is 16.6. The fourth-order valence-corrected chi connectivity index (χ4v) is 2.73. The Labute approximate surface area is 128 Å². The molecule has 0 radical (unpaired) electrons. The Bertz CT molecular complexity index is 819. The van der Waals surface area contributed by atoms with Gasteiger partial charge in [-0.2, -0.15) is 5.10 Å². The second kappa shape index (κ2) is 5.52. The monoisotopic (exact) mass is 291 g/mol. The number of hydrogen-bond acceptors (Lipinski definition) is 4. The van der Waals surface area contributed by atoms with Gasteiger partial charge in [0.05, 0.1) is 30.5 Å². The second-order valence-electron chi connectivity index (χ2n) is 5.31. The maximum Gasteiger partial charge on any atom is 0.195 e. The molecule has 0 fully saturated rings. The third kappa shape index (κ3) is 2.41. The largest absolute Gasteiger partial charge is 0.354 e. The van der Waals surface area contributed by atoms with Crippen molar-refractivity contribution in [3.8, 4) is 0 Å². The lowest BCUT2D eigenvalue weighted by molar-refractivity contribution is 0.713. The summed E-state index contributed by atoms with van der Waals surface area (Å²) in [6.07, 6.45) is 1.91. The van der Waals surface area contributed by atoms with Crippen LogP contribution in [0.5, 0.6) is 0 Å². The Morgan fingerprint density at radius 3 is 2.82 bits per heavy atom. The maximum absolute atomic E-state index is 4.54. The van der Waals surface area contributed by atoms with Gasteiger partial charge in [0.25, 0.3) is 0 Å². The maximum atomic E-state index is 4.54. The summed E-state index contributed by atoms with van der Waals surface area (Å²) in [6.45, 7) is 2.46. The highest BCUT2D eigenvalue weighted by Crippen LogP contribution is 2.24. The van der Waals surface area contributed by atoms with Crippen molar-refractivity contribution in [2.45, 2.75) is 6.54 Å². The van der Waals surface area contributed by atoms with E-state index < -0.39 is 0 Å². The van der Waals surface area contributed by atoms with Gasteiger partial charge in [-0.05, 0) is 11.6 Å². The van der Waals surface area contributed by atoms with E-state index in [0.29, 0.717) is 0 Å². The van der Waals surface area contributed by atoms with E-state index >= 15 is 0 Å². The minimum Gasteiger partial charge on any atom is -0.354 e. The van der Waals surface area contributed by atoms with E-state index in [9.17, 15) is 0 Å². The molecule has 3 aromatic rings. The minimum absolute atomic E-state index is 0.753. The van der Waals surface area contributed by atoms with Gasteiger partial charge < -0.3 is 10.6 Å². The molecule has 2 N–H and O–H groups in total. The van der Waals surface area contributed by atoms with E-state index in [2.05, 4.69) is 57.1 Å². The lowest BCUT2D eigenvalue weighted by Gasteiger charge is -2.11. The number of nitrogens with zero attached hydrogens (tertiary/aromatic N) is 3. The van der Waals surface area contributed by atoms with Gasteiger partial charge in [0, 0.05) is 11.9 Å². The second-order valence-corrected chi connectivity index (χ2v) is 5.31. The lowest BCUT2D eigenvalue weighted by Crippen LogP contribution is -2.26. The Hall–Kier alpha value is -2.82. The molecule has 1 aliphatic rings. The molecule has 1 aromatic heterocycles. The molecular weight excluding hydrogens is 274 g/mol. The summed E-state index contributed by atoms with van der Waals surface area (Å²) >= 11 is 0. The molecule has 0 amide bonds. The predicted octanol–water partition coefficient (Wildman–Crippen LogP) is 2.46. The van der Waals surface area contributed by atoms with Crippen molar-refractivity contribution in [1.82, 2.24) is 15.1 Å². The van der Waals surface area contributed by atoms with Crippen LogP contribution in [0.25, 0.3) is 10.9 Å². The first-order chi connectivity index (χ1) is 10.9. The predicted molar refractivity (Wildman–Crippen MR) is 89.2 cm³/mol. The van der Waals surface area contributed by atoms with E-state index in [-0.39, 0.29) is 0 Å². The van der Waals surface area contributed by atoms with Gasteiger partial charge in [0.15, 0.2) is 5.96 Å². The number of benzene rings is 2. The van der Waals surface area contributed by atoms with Crippen LogP contribution in [0.4, 0.5) is 5.69 Å². The van der Waals surface area contributed by atoms with Crippen LogP contribution in [0.15, 0.2) is 59.7 Å². The third-order valence-corrected chi connectivity index (χ3v) is 3.76. The highest BCUT2D eigenvalue weighted by atomic mass is 15.3. The van der Waals surface area contributed by atoms with E-state index in [1.54, 1.807) is 0 Å². The van der Waals surface area contributed by atoms with E-state index in [0.717, 1.165) is 42.2 Å². The molecule has 4 rings (SSSR count). The number of para-hydroxylation sites is 1. The third-order valence-electron chi connectivity index (χ3n) is 3.76. The Morgan fingerprint density at radius 1 is 1.09 bits per heavy atom. The van der Waals surface area contributed by atoms with Crippen molar-refractivity contribution in [3.63, 3.8) is 0 Å². The highest BCUT2D eigenvalue weighted by Gasteiger charge is 2.11. The fourth-order valence-electron chi connectivity index (χ4n) is 2.73. The number of nitrogens with one attached hydrogen (secondary N) is 2. The lowest BCUT2D eigenvalue weighted by atomic mass is 10.2. The Kier molecular flexibility index (Phi) is 3.23.